The highest BCUT2D eigenvalue weighted by molar-refractivity contribution is 14.1. The molecule has 1 heterocycles. The Kier molecular flexibility index (Phi) is 3.71. The molecule has 1 aromatic carbocycles. The van der Waals surface area contributed by atoms with Crippen LogP contribution >= 0.6 is 33.9 Å². The number of hydrogen-bond donors (Lipinski definition) is 1. The third-order valence-electron chi connectivity index (χ3n) is 2.08. The first kappa shape index (κ1) is 11.0. The number of hydrogen-bond acceptors (Lipinski definition) is 3. The van der Waals surface area contributed by atoms with Gasteiger partial charge >= 0.3 is 0 Å². The van der Waals surface area contributed by atoms with E-state index in [-0.39, 0.29) is 0 Å². The van der Waals surface area contributed by atoms with Crippen molar-refractivity contribution in [3.8, 4) is 0 Å². The van der Waals surface area contributed by atoms with E-state index in [0.717, 1.165) is 10.6 Å². The molecule has 0 saturated carbocycles. The normalized spacial score (nSPS) is 12.7. The Hall–Kier alpha value is -0.460. The van der Waals surface area contributed by atoms with Crippen molar-refractivity contribution in [1.82, 2.24) is 4.98 Å². The SMILES string of the molecule is OC(Cc1ccc(I)cc1)c1nccs1. The van der Waals surface area contributed by atoms with Gasteiger partial charge in [-0.2, -0.15) is 0 Å². The van der Waals surface area contributed by atoms with Crippen LogP contribution in [-0.2, 0) is 6.42 Å². The van der Waals surface area contributed by atoms with Gasteiger partial charge in [0.05, 0.1) is 0 Å². The molecule has 0 fully saturated rings. The van der Waals surface area contributed by atoms with E-state index in [4.69, 9.17) is 0 Å². The molecule has 0 aliphatic rings. The Labute approximate surface area is 106 Å². The van der Waals surface area contributed by atoms with Crippen LogP contribution in [0, 0.1) is 3.57 Å². The fourth-order valence-electron chi connectivity index (χ4n) is 1.33. The van der Waals surface area contributed by atoms with Crippen molar-refractivity contribution in [3.63, 3.8) is 0 Å². The van der Waals surface area contributed by atoms with Gasteiger partial charge in [0.25, 0.3) is 0 Å². The van der Waals surface area contributed by atoms with E-state index in [1.54, 1.807) is 6.20 Å². The van der Waals surface area contributed by atoms with Crippen molar-refractivity contribution < 1.29 is 5.11 Å². The average molecular weight is 331 g/mol. The van der Waals surface area contributed by atoms with Gasteiger partial charge in [0.1, 0.15) is 11.1 Å². The largest absolute Gasteiger partial charge is 0.386 e. The van der Waals surface area contributed by atoms with Gasteiger partial charge in [-0.1, -0.05) is 12.1 Å². The molecule has 2 rings (SSSR count). The van der Waals surface area contributed by atoms with Crippen LogP contribution in [0.5, 0.6) is 0 Å². The molecule has 1 atom stereocenters. The minimum absolute atomic E-state index is 0.481. The molecule has 0 radical (unpaired) electrons. The number of nitrogens with zero attached hydrogens (tertiary/aromatic N) is 1. The van der Waals surface area contributed by atoms with Gasteiger partial charge in [-0.25, -0.2) is 4.98 Å². The summed E-state index contributed by atoms with van der Waals surface area (Å²) in [7, 11) is 0. The number of benzene rings is 1. The lowest BCUT2D eigenvalue weighted by Crippen LogP contribution is -2.00. The van der Waals surface area contributed by atoms with E-state index in [0.29, 0.717) is 6.42 Å². The molecular formula is C11H10INOS. The summed E-state index contributed by atoms with van der Waals surface area (Å²) in [6.07, 6.45) is 1.87. The molecule has 0 aliphatic heterocycles. The average Bonchev–Trinajstić information content (AvgIpc) is 2.74. The quantitative estimate of drug-likeness (QED) is 0.877. The summed E-state index contributed by atoms with van der Waals surface area (Å²) in [5, 5.41) is 12.5. The molecule has 0 spiro atoms. The molecule has 15 heavy (non-hydrogen) atoms. The van der Waals surface area contributed by atoms with Crippen molar-refractivity contribution in [2.75, 3.05) is 0 Å². The Bertz CT molecular complexity index is 413. The Morgan fingerprint density at radius 2 is 2.07 bits per heavy atom. The van der Waals surface area contributed by atoms with Crippen LogP contribution in [0.2, 0.25) is 0 Å². The minimum Gasteiger partial charge on any atom is -0.386 e. The van der Waals surface area contributed by atoms with Crippen LogP contribution in [0.15, 0.2) is 35.8 Å². The molecular weight excluding hydrogens is 321 g/mol. The highest BCUT2D eigenvalue weighted by atomic mass is 127. The smallest absolute Gasteiger partial charge is 0.121 e. The highest BCUT2D eigenvalue weighted by Crippen LogP contribution is 2.20. The zero-order chi connectivity index (χ0) is 10.7. The zero-order valence-corrected chi connectivity index (χ0v) is 10.9. The van der Waals surface area contributed by atoms with E-state index in [1.165, 1.54) is 14.9 Å². The summed E-state index contributed by atoms with van der Waals surface area (Å²) >= 11 is 3.76. The monoisotopic (exact) mass is 331 g/mol. The molecule has 0 amide bonds. The zero-order valence-electron chi connectivity index (χ0n) is 7.93. The Balaban J connectivity index is 2.06. The third kappa shape index (κ3) is 2.99. The Morgan fingerprint density at radius 1 is 1.33 bits per heavy atom. The molecule has 2 aromatic rings. The van der Waals surface area contributed by atoms with Crippen molar-refractivity contribution in [3.05, 3.63) is 50.0 Å². The van der Waals surface area contributed by atoms with Crippen molar-refractivity contribution in [1.29, 1.82) is 0 Å². The second kappa shape index (κ2) is 5.05. The molecule has 1 N–H and O–H groups in total. The molecule has 0 aliphatic carbocycles. The molecule has 4 heteroatoms. The molecule has 0 bridgehead atoms. The lowest BCUT2D eigenvalue weighted by Gasteiger charge is -2.07. The Morgan fingerprint density at radius 3 is 2.67 bits per heavy atom. The van der Waals surface area contributed by atoms with Crippen molar-refractivity contribution in [2.45, 2.75) is 12.5 Å². The summed E-state index contributed by atoms with van der Waals surface area (Å²) in [5.74, 6) is 0. The topological polar surface area (TPSA) is 33.1 Å². The van der Waals surface area contributed by atoms with E-state index < -0.39 is 6.10 Å². The fraction of sp³-hybridized carbons (Fsp3) is 0.182. The molecule has 78 valence electrons. The molecule has 0 saturated heterocycles. The van der Waals surface area contributed by atoms with Crippen LogP contribution in [0.25, 0.3) is 0 Å². The second-order valence-electron chi connectivity index (χ2n) is 3.22. The number of halogens is 1. The lowest BCUT2D eigenvalue weighted by atomic mass is 10.1. The van der Waals surface area contributed by atoms with Gasteiger partial charge in [0.15, 0.2) is 0 Å². The van der Waals surface area contributed by atoms with Crippen LogP contribution < -0.4 is 0 Å². The first-order chi connectivity index (χ1) is 7.25. The fourth-order valence-corrected chi connectivity index (χ4v) is 2.31. The molecule has 1 aromatic heterocycles. The van der Waals surface area contributed by atoms with Gasteiger partial charge < -0.3 is 5.11 Å². The summed E-state index contributed by atoms with van der Waals surface area (Å²) in [6, 6.07) is 8.17. The lowest BCUT2D eigenvalue weighted by molar-refractivity contribution is 0.178. The number of thiazole rings is 1. The predicted octanol–water partition coefficient (Wildman–Crippen LogP) is 3.02. The van der Waals surface area contributed by atoms with Gasteiger partial charge in [-0.3, -0.25) is 0 Å². The van der Waals surface area contributed by atoms with Gasteiger partial charge in [-0.15, -0.1) is 11.3 Å². The summed E-state index contributed by atoms with van der Waals surface area (Å²) in [4.78, 5) is 4.10. The maximum absolute atomic E-state index is 9.88. The standard InChI is InChI=1S/C11H10INOS/c12-9-3-1-8(2-4-9)7-10(14)11-13-5-6-15-11/h1-6,10,14H,7H2. The summed E-state index contributed by atoms with van der Waals surface area (Å²) in [6.45, 7) is 0. The maximum atomic E-state index is 9.88. The first-order valence-corrected chi connectivity index (χ1v) is 6.53. The van der Waals surface area contributed by atoms with Crippen LogP contribution in [0.4, 0.5) is 0 Å². The van der Waals surface area contributed by atoms with Crippen LogP contribution in [0.1, 0.15) is 16.7 Å². The summed E-state index contributed by atoms with van der Waals surface area (Å²) in [5.41, 5.74) is 1.14. The van der Waals surface area contributed by atoms with Gasteiger partial charge in [0, 0.05) is 21.6 Å². The van der Waals surface area contributed by atoms with Crippen molar-refractivity contribution in [2.24, 2.45) is 0 Å². The van der Waals surface area contributed by atoms with E-state index in [9.17, 15) is 5.11 Å². The van der Waals surface area contributed by atoms with E-state index in [1.807, 2.05) is 29.6 Å². The minimum atomic E-state index is -0.481. The number of rotatable bonds is 3. The number of aromatic nitrogens is 1. The predicted molar refractivity (Wildman–Crippen MR) is 69.9 cm³/mol. The third-order valence-corrected chi connectivity index (χ3v) is 3.67. The van der Waals surface area contributed by atoms with Crippen LogP contribution in [0.3, 0.4) is 0 Å². The van der Waals surface area contributed by atoms with Crippen LogP contribution in [-0.4, -0.2) is 10.1 Å². The number of aliphatic hydroxyl groups excluding tert-OH is 1. The van der Waals surface area contributed by atoms with Gasteiger partial charge in [-0.05, 0) is 40.3 Å². The first-order valence-electron chi connectivity index (χ1n) is 4.57. The highest BCUT2D eigenvalue weighted by Gasteiger charge is 2.10. The van der Waals surface area contributed by atoms with E-state index >= 15 is 0 Å². The molecule has 1 unspecified atom stereocenters. The molecule has 2 nitrogen and oxygen atoms in total. The van der Waals surface area contributed by atoms with Gasteiger partial charge in [0.2, 0.25) is 0 Å². The van der Waals surface area contributed by atoms with Crippen molar-refractivity contribution >= 4 is 33.9 Å². The van der Waals surface area contributed by atoms with E-state index in [2.05, 4.69) is 27.6 Å². The summed E-state index contributed by atoms with van der Waals surface area (Å²) < 4.78 is 1.21. The maximum Gasteiger partial charge on any atom is 0.121 e. The number of aliphatic hydroxyl groups is 1. The second-order valence-corrected chi connectivity index (χ2v) is 5.39.